The van der Waals surface area contributed by atoms with Gasteiger partial charge in [-0.3, -0.25) is 14.9 Å². The molecule has 6 heteroatoms. The van der Waals surface area contributed by atoms with Crippen molar-refractivity contribution in [1.82, 2.24) is 4.98 Å². The highest BCUT2D eigenvalue weighted by Crippen LogP contribution is 2.27. The summed E-state index contributed by atoms with van der Waals surface area (Å²) in [6.07, 6.45) is 0.961. The smallest absolute Gasteiger partial charge is 0.257 e. The van der Waals surface area contributed by atoms with Gasteiger partial charge in [0.15, 0.2) is 10.9 Å². The summed E-state index contributed by atoms with van der Waals surface area (Å²) in [5.41, 5.74) is 3.36. The fourth-order valence-corrected chi connectivity index (χ4v) is 3.82. The van der Waals surface area contributed by atoms with Crippen molar-refractivity contribution in [2.75, 3.05) is 11.9 Å². The summed E-state index contributed by atoms with van der Waals surface area (Å²) in [6, 6.07) is 23.4. The number of thiazole rings is 1. The molecule has 0 aliphatic rings. The third kappa shape index (κ3) is 5.10. The van der Waals surface area contributed by atoms with Crippen molar-refractivity contribution in [3.63, 3.8) is 0 Å². The fourth-order valence-electron chi connectivity index (χ4n) is 3.10. The Bertz CT molecular complexity index is 1200. The van der Waals surface area contributed by atoms with Gasteiger partial charge in [-0.05, 0) is 42.8 Å². The van der Waals surface area contributed by atoms with Gasteiger partial charge >= 0.3 is 0 Å². The van der Waals surface area contributed by atoms with Crippen LogP contribution in [0.5, 0.6) is 5.75 Å². The summed E-state index contributed by atoms with van der Waals surface area (Å²) in [5, 5.41) is 5.24. The van der Waals surface area contributed by atoms with E-state index in [1.807, 2.05) is 47.8 Å². The van der Waals surface area contributed by atoms with E-state index < -0.39 is 0 Å². The molecule has 0 bridgehead atoms. The zero-order valence-electron chi connectivity index (χ0n) is 17.6. The topological polar surface area (TPSA) is 68.3 Å². The third-order valence-electron chi connectivity index (χ3n) is 4.79. The van der Waals surface area contributed by atoms with Crippen molar-refractivity contribution in [1.29, 1.82) is 0 Å². The molecule has 1 aromatic heterocycles. The number of ketones is 1. The molecule has 0 aliphatic carbocycles. The van der Waals surface area contributed by atoms with E-state index in [9.17, 15) is 9.59 Å². The molecule has 32 heavy (non-hydrogen) atoms. The Balaban J connectivity index is 1.40. The molecule has 5 nitrogen and oxygen atoms in total. The second kappa shape index (κ2) is 10.0. The second-order valence-corrected chi connectivity index (χ2v) is 8.00. The lowest BCUT2D eigenvalue weighted by Gasteiger charge is -2.05. The van der Waals surface area contributed by atoms with Gasteiger partial charge in [-0.1, -0.05) is 49.4 Å². The van der Waals surface area contributed by atoms with Gasteiger partial charge in [0.05, 0.1) is 12.3 Å². The van der Waals surface area contributed by atoms with Gasteiger partial charge in [-0.25, -0.2) is 4.98 Å². The first-order valence-electron chi connectivity index (χ1n) is 10.3. The molecule has 1 heterocycles. The number of anilines is 1. The zero-order chi connectivity index (χ0) is 22.3. The fraction of sp³-hybridized carbons (Fsp3) is 0.115. The number of ether oxygens (including phenoxy) is 1. The van der Waals surface area contributed by atoms with Crippen molar-refractivity contribution in [3.05, 3.63) is 101 Å². The minimum Gasteiger partial charge on any atom is -0.494 e. The number of rotatable bonds is 8. The van der Waals surface area contributed by atoms with Gasteiger partial charge in [0.2, 0.25) is 0 Å². The molecule has 1 N–H and O–H groups in total. The monoisotopic (exact) mass is 442 g/mol. The van der Waals surface area contributed by atoms with Crippen LogP contribution in [0.4, 0.5) is 5.13 Å². The molecule has 4 rings (SSSR count). The molecule has 0 unspecified atom stereocenters. The van der Waals surface area contributed by atoms with E-state index in [4.69, 9.17) is 4.74 Å². The number of benzene rings is 3. The molecule has 0 fully saturated rings. The van der Waals surface area contributed by atoms with E-state index in [-0.39, 0.29) is 11.7 Å². The number of hydrogen-bond donors (Lipinski definition) is 1. The highest BCUT2D eigenvalue weighted by atomic mass is 32.1. The second-order valence-electron chi connectivity index (χ2n) is 7.14. The van der Waals surface area contributed by atoms with Gasteiger partial charge in [0.25, 0.3) is 5.91 Å². The average Bonchev–Trinajstić information content (AvgIpc) is 3.31. The van der Waals surface area contributed by atoms with Crippen LogP contribution in [0.15, 0.2) is 84.2 Å². The third-order valence-corrected chi connectivity index (χ3v) is 5.55. The van der Waals surface area contributed by atoms with Crippen molar-refractivity contribution < 1.29 is 14.3 Å². The number of amides is 1. The lowest BCUT2D eigenvalue weighted by Crippen LogP contribution is -2.12. The molecule has 0 radical (unpaired) electrons. The van der Waals surface area contributed by atoms with Crippen molar-refractivity contribution in [2.24, 2.45) is 0 Å². The predicted molar refractivity (Wildman–Crippen MR) is 128 cm³/mol. The van der Waals surface area contributed by atoms with E-state index in [1.165, 1.54) is 11.3 Å². The molecule has 160 valence electrons. The molecule has 0 saturated carbocycles. The standard InChI is InChI=1S/C26H22N2O3S/c1-2-16-31-22-14-12-18(13-15-22)23-17-32-26(27-23)28-25(30)21-10-8-20(9-11-21)24(29)19-6-4-3-5-7-19/h3-15,17H,2,16H2,1H3,(H,27,28,30). The highest BCUT2D eigenvalue weighted by molar-refractivity contribution is 7.14. The highest BCUT2D eigenvalue weighted by Gasteiger charge is 2.13. The Hall–Kier alpha value is -3.77. The van der Waals surface area contributed by atoms with Gasteiger partial charge in [-0.2, -0.15) is 0 Å². The van der Waals surface area contributed by atoms with Crippen LogP contribution in [0.25, 0.3) is 11.3 Å². The normalized spacial score (nSPS) is 10.5. The lowest BCUT2D eigenvalue weighted by molar-refractivity contribution is 0.102. The predicted octanol–water partition coefficient (Wildman–Crippen LogP) is 6.08. The minimum absolute atomic E-state index is 0.0757. The molecule has 0 aliphatic heterocycles. The van der Waals surface area contributed by atoms with Gasteiger partial charge in [0.1, 0.15) is 5.75 Å². The first-order chi connectivity index (χ1) is 15.6. The summed E-state index contributed by atoms with van der Waals surface area (Å²) in [6.45, 7) is 2.76. The first-order valence-corrected chi connectivity index (χ1v) is 11.2. The number of nitrogens with zero attached hydrogens (tertiary/aromatic N) is 1. The molecule has 0 spiro atoms. The molecule has 0 atom stereocenters. The molecule has 4 aromatic rings. The van der Waals surface area contributed by atoms with Crippen LogP contribution < -0.4 is 10.1 Å². The summed E-state index contributed by atoms with van der Waals surface area (Å²) in [5.74, 6) is 0.481. The van der Waals surface area contributed by atoms with Crippen LogP contribution in [0.3, 0.4) is 0 Å². The number of hydrogen-bond acceptors (Lipinski definition) is 5. The van der Waals surface area contributed by atoms with Gasteiger partial charge in [0, 0.05) is 27.6 Å². The van der Waals surface area contributed by atoms with Crippen LogP contribution in [-0.2, 0) is 0 Å². The molecule has 0 saturated heterocycles. The Morgan fingerprint density at radius 2 is 1.53 bits per heavy atom. The Morgan fingerprint density at radius 1 is 0.875 bits per heavy atom. The lowest BCUT2D eigenvalue weighted by atomic mass is 10.0. The number of carbonyl (C=O) groups excluding carboxylic acids is 2. The molecule has 3 aromatic carbocycles. The van der Waals surface area contributed by atoms with E-state index in [0.29, 0.717) is 28.4 Å². The molecule has 1 amide bonds. The van der Waals surface area contributed by atoms with Crippen LogP contribution in [-0.4, -0.2) is 23.3 Å². The SMILES string of the molecule is CCCOc1ccc(-c2csc(NC(=O)c3ccc(C(=O)c4ccccc4)cc3)n2)cc1. The summed E-state index contributed by atoms with van der Waals surface area (Å²) in [4.78, 5) is 29.6. The molecular weight excluding hydrogens is 420 g/mol. The maximum atomic E-state index is 12.6. The van der Waals surface area contributed by atoms with E-state index in [2.05, 4.69) is 17.2 Å². The Kier molecular flexibility index (Phi) is 6.72. The quantitative estimate of drug-likeness (QED) is 0.336. The number of nitrogens with one attached hydrogen (secondary N) is 1. The van der Waals surface area contributed by atoms with Crippen LogP contribution in [0, 0.1) is 0 Å². The summed E-state index contributed by atoms with van der Waals surface area (Å²) in [7, 11) is 0. The van der Waals surface area contributed by atoms with Gasteiger partial charge < -0.3 is 4.74 Å². The van der Waals surface area contributed by atoms with Crippen molar-refractivity contribution >= 4 is 28.2 Å². The Morgan fingerprint density at radius 3 is 2.22 bits per heavy atom. The average molecular weight is 443 g/mol. The molecular formula is C26H22N2O3S. The van der Waals surface area contributed by atoms with E-state index in [0.717, 1.165) is 23.4 Å². The zero-order valence-corrected chi connectivity index (χ0v) is 18.4. The van der Waals surface area contributed by atoms with Crippen LogP contribution in [0.2, 0.25) is 0 Å². The van der Waals surface area contributed by atoms with Crippen LogP contribution >= 0.6 is 11.3 Å². The van der Waals surface area contributed by atoms with Crippen molar-refractivity contribution in [3.8, 4) is 17.0 Å². The summed E-state index contributed by atoms with van der Waals surface area (Å²) >= 11 is 1.36. The maximum Gasteiger partial charge on any atom is 0.257 e. The number of carbonyl (C=O) groups is 2. The minimum atomic E-state index is -0.270. The van der Waals surface area contributed by atoms with Crippen molar-refractivity contribution in [2.45, 2.75) is 13.3 Å². The largest absolute Gasteiger partial charge is 0.494 e. The summed E-state index contributed by atoms with van der Waals surface area (Å²) < 4.78 is 5.61. The number of aromatic nitrogens is 1. The Labute approximate surface area is 190 Å². The van der Waals surface area contributed by atoms with E-state index in [1.54, 1.807) is 36.4 Å². The van der Waals surface area contributed by atoms with Crippen LogP contribution in [0.1, 0.15) is 39.6 Å². The first kappa shape index (κ1) is 21.5. The maximum absolute atomic E-state index is 12.6. The van der Waals surface area contributed by atoms with Gasteiger partial charge in [-0.15, -0.1) is 11.3 Å². The van der Waals surface area contributed by atoms with E-state index >= 15 is 0 Å².